The van der Waals surface area contributed by atoms with Crippen molar-refractivity contribution in [1.29, 1.82) is 0 Å². The molecular weight excluding hydrogens is 316 g/mol. The van der Waals surface area contributed by atoms with Crippen LogP contribution in [0.15, 0.2) is 47.5 Å². The van der Waals surface area contributed by atoms with E-state index in [2.05, 4.69) is 31.7 Å². The maximum Gasteiger partial charge on any atom is 0.251 e. The fourth-order valence-electron chi connectivity index (χ4n) is 3.41. The van der Waals surface area contributed by atoms with Crippen LogP contribution in [0.1, 0.15) is 29.6 Å². The number of hydrogen-bond acceptors (Lipinski definition) is 4. The number of nitrogens with zero attached hydrogens (tertiary/aromatic N) is 3. The Morgan fingerprint density at radius 2 is 2.16 bits per heavy atom. The zero-order valence-electron chi connectivity index (χ0n) is 14.1. The first-order valence-electron chi connectivity index (χ1n) is 8.46. The molecule has 0 spiro atoms. The first kappa shape index (κ1) is 15.8. The molecule has 1 saturated heterocycles. The maximum absolute atomic E-state index is 11.7. The minimum absolute atomic E-state index is 0.128. The summed E-state index contributed by atoms with van der Waals surface area (Å²) in [6.45, 7) is 3.79. The Morgan fingerprint density at radius 1 is 1.32 bits per heavy atom. The molecule has 3 aromatic rings. The first-order chi connectivity index (χ1) is 12.2. The maximum atomic E-state index is 11.7. The molecule has 1 aromatic carbocycles. The lowest BCUT2D eigenvalue weighted by molar-refractivity contribution is 0.193. The van der Waals surface area contributed by atoms with Crippen molar-refractivity contribution in [2.24, 2.45) is 0 Å². The fourth-order valence-corrected chi connectivity index (χ4v) is 3.41. The highest BCUT2D eigenvalue weighted by molar-refractivity contribution is 5.62. The average Bonchev–Trinajstić information content (AvgIpc) is 3.24. The standard InChI is InChI=1S/C19H20N4O2/c1-13-21-16(9-17(24)22-13)10-23-12-20-18(14-5-3-2-4-6-14)19(23)15-7-8-25-11-15/h2-6,9,12,15H,7-8,10-11H2,1H3,(H,21,22,24)/t15-/m0/s1. The molecule has 25 heavy (non-hydrogen) atoms. The smallest absolute Gasteiger partial charge is 0.251 e. The van der Waals surface area contributed by atoms with Crippen LogP contribution in [0.2, 0.25) is 0 Å². The first-order valence-corrected chi connectivity index (χ1v) is 8.46. The Hall–Kier alpha value is -2.73. The van der Waals surface area contributed by atoms with E-state index >= 15 is 0 Å². The number of aryl methyl sites for hydroxylation is 1. The molecule has 4 rings (SSSR count). The molecule has 0 radical (unpaired) electrons. The van der Waals surface area contributed by atoms with E-state index in [-0.39, 0.29) is 5.56 Å². The largest absolute Gasteiger partial charge is 0.381 e. The van der Waals surface area contributed by atoms with Crippen molar-refractivity contribution in [3.8, 4) is 11.3 Å². The summed E-state index contributed by atoms with van der Waals surface area (Å²) < 4.78 is 7.70. The molecule has 1 aliphatic heterocycles. The Labute approximate surface area is 145 Å². The van der Waals surface area contributed by atoms with Crippen molar-refractivity contribution in [3.63, 3.8) is 0 Å². The van der Waals surface area contributed by atoms with Gasteiger partial charge in [0.05, 0.1) is 36.6 Å². The number of benzene rings is 1. The molecule has 3 heterocycles. The molecule has 1 N–H and O–H groups in total. The summed E-state index contributed by atoms with van der Waals surface area (Å²) in [6.07, 6.45) is 2.82. The van der Waals surface area contributed by atoms with Crippen molar-refractivity contribution < 1.29 is 4.74 Å². The lowest BCUT2D eigenvalue weighted by Gasteiger charge is -2.15. The summed E-state index contributed by atoms with van der Waals surface area (Å²) in [5, 5.41) is 0. The second kappa shape index (κ2) is 6.64. The number of imidazole rings is 1. The summed E-state index contributed by atoms with van der Waals surface area (Å²) >= 11 is 0. The summed E-state index contributed by atoms with van der Waals surface area (Å²) in [5.41, 5.74) is 3.84. The van der Waals surface area contributed by atoms with Crippen LogP contribution in [0.4, 0.5) is 0 Å². The minimum atomic E-state index is -0.128. The molecule has 128 valence electrons. The predicted molar refractivity (Wildman–Crippen MR) is 94.5 cm³/mol. The zero-order chi connectivity index (χ0) is 17.2. The molecule has 0 unspecified atom stereocenters. The molecule has 1 fully saturated rings. The molecule has 0 amide bonds. The lowest BCUT2D eigenvalue weighted by Crippen LogP contribution is -2.15. The van der Waals surface area contributed by atoms with E-state index in [1.165, 1.54) is 0 Å². The van der Waals surface area contributed by atoms with Gasteiger partial charge in [-0.3, -0.25) is 4.79 Å². The highest BCUT2D eigenvalue weighted by atomic mass is 16.5. The van der Waals surface area contributed by atoms with Crippen molar-refractivity contribution in [3.05, 3.63) is 70.3 Å². The van der Waals surface area contributed by atoms with E-state index in [0.29, 0.717) is 24.9 Å². The predicted octanol–water partition coefficient (Wildman–Crippen LogP) is 2.49. The molecule has 0 aliphatic carbocycles. The summed E-state index contributed by atoms with van der Waals surface area (Å²) in [7, 11) is 0. The second-order valence-electron chi connectivity index (χ2n) is 6.35. The van der Waals surface area contributed by atoms with Gasteiger partial charge < -0.3 is 14.3 Å². The van der Waals surface area contributed by atoms with Crippen LogP contribution in [0.3, 0.4) is 0 Å². The van der Waals surface area contributed by atoms with Gasteiger partial charge in [-0.15, -0.1) is 0 Å². The third-order valence-corrected chi connectivity index (χ3v) is 4.49. The molecule has 0 bridgehead atoms. The molecule has 2 aromatic heterocycles. The number of nitrogens with one attached hydrogen (secondary N) is 1. The van der Waals surface area contributed by atoms with Crippen LogP contribution < -0.4 is 5.56 Å². The van der Waals surface area contributed by atoms with Crippen LogP contribution in [-0.4, -0.2) is 32.7 Å². The van der Waals surface area contributed by atoms with Crippen molar-refractivity contribution >= 4 is 0 Å². The fraction of sp³-hybridized carbons (Fsp3) is 0.316. The van der Waals surface area contributed by atoms with Gasteiger partial charge in [-0.1, -0.05) is 30.3 Å². The van der Waals surface area contributed by atoms with Crippen LogP contribution in [0, 0.1) is 6.92 Å². The van der Waals surface area contributed by atoms with Crippen LogP contribution in [0.5, 0.6) is 0 Å². The van der Waals surface area contributed by atoms with E-state index < -0.39 is 0 Å². The molecule has 0 saturated carbocycles. The highest BCUT2D eigenvalue weighted by Gasteiger charge is 2.26. The third-order valence-electron chi connectivity index (χ3n) is 4.49. The van der Waals surface area contributed by atoms with Crippen LogP contribution in [-0.2, 0) is 11.3 Å². The van der Waals surface area contributed by atoms with E-state index in [4.69, 9.17) is 4.74 Å². The summed E-state index contributed by atoms with van der Waals surface area (Å²) in [6, 6.07) is 11.7. The van der Waals surface area contributed by atoms with Gasteiger partial charge in [0.1, 0.15) is 5.82 Å². The van der Waals surface area contributed by atoms with Crippen molar-refractivity contribution in [2.45, 2.75) is 25.8 Å². The van der Waals surface area contributed by atoms with Gasteiger partial charge in [-0.25, -0.2) is 9.97 Å². The molecule has 6 heteroatoms. The molecule has 1 atom stereocenters. The number of H-pyrrole nitrogens is 1. The number of aromatic amines is 1. The van der Waals surface area contributed by atoms with E-state index in [1.54, 1.807) is 13.0 Å². The summed E-state index contributed by atoms with van der Waals surface area (Å²) in [5.74, 6) is 0.928. The zero-order valence-corrected chi connectivity index (χ0v) is 14.1. The quantitative estimate of drug-likeness (QED) is 0.794. The Balaban J connectivity index is 1.77. The molecule has 6 nitrogen and oxygen atoms in total. The topological polar surface area (TPSA) is 72.8 Å². The Bertz CT molecular complexity index is 924. The summed E-state index contributed by atoms with van der Waals surface area (Å²) in [4.78, 5) is 23.5. The number of hydrogen-bond donors (Lipinski definition) is 1. The monoisotopic (exact) mass is 336 g/mol. The SMILES string of the molecule is Cc1nc(Cn2cnc(-c3ccccc3)c2[C@H]2CCOC2)cc(=O)[nH]1. The molecular formula is C19H20N4O2. The second-order valence-corrected chi connectivity index (χ2v) is 6.35. The van der Waals surface area contributed by atoms with E-state index in [1.807, 2.05) is 24.5 Å². The highest BCUT2D eigenvalue weighted by Crippen LogP contribution is 2.33. The third kappa shape index (κ3) is 3.25. The van der Waals surface area contributed by atoms with Gasteiger partial charge in [0, 0.05) is 24.2 Å². The normalized spacial score (nSPS) is 17.1. The number of ether oxygens (including phenoxy) is 1. The van der Waals surface area contributed by atoms with E-state index in [9.17, 15) is 4.79 Å². The average molecular weight is 336 g/mol. The van der Waals surface area contributed by atoms with Gasteiger partial charge in [0.15, 0.2) is 0 Å². The number of rotatable bonds is 4. The Kier molecular flexibility index (Phi) is 4.19. The van der Waals surface area contributed by atoms with E-state index in [0.717, 1.165) is 35.7 Å². The van der Waals surface area contributed by atoms with Crippen molar-refractivity contribution in [1.82, 2.24) is 19.5 Å². The van der Waals surface area contributed by atoms with Gasteiger partial charge in [0.25, 0.3) is 5.56 Å². The van der Waals surface area contributed by atoms with Gasteiger partial charge in [0.2, 0.25) is 0 Å². The Morgan fingerprint density at radius 3 is 2.88 bits per heavy atom. The van der Waals surface area contributed by atoms with Crippen LogP contribution in [0.25, 0.3) is 11.3 Å². The lowest BCUT2D eigenvalue weighted by atomic mass is 9.99. The molecule has 1 aliphatic rings. The van der Waals surface area contributed by atoms with Crippen LogP contribution >= 0.6 is 0 Å². The number of aromatic nitrogens is 4. The van der Waals surface area contributed by atoms with Gasteiger partial charge in [-0.05, 0) is 13.3 Å². The van der Waals surface area contributed by atoms with Crippen molar-refractivity contribution in [2.75, 3.05) is 13.2 Å². The minimum Gasteiger partial charge on any atom is -0.381 e. The van der Waals surface area contributed by atoms with Gasteiger partial charge in [-0.2, -0.15) is 0 Å². The van der Waals surface area contributed by atoms with Gasteiger partial charge >= 0.3 is 0 Å².